The zero-order valence-corrected chi connectivity index (χ0v) is 9.21. The van der Waals surface area contributed by atoms with Gasteiger partial charge in [-0.2, -0.15) is 0 Å². The van der Waals surface area contributed by atoms with E-state index in [4.69, 9.17) is 11.6 Å². The number of esters is 1. The number of nitrogens with zero attached hydrogens (tertiary/aromatic N) is 2. The number of rotatable bonds is 4. The molecule has 0 saturated carbocycles. The van der Waals surface area contributed by atoms with E-state index in [1.165, 1.54) is 18.9 Å². The van der Waals surface area contributed by atoms with E-state index in [0.717, 1.165) is 17.2 Å². The predicted octanol–water partition coefficient (Wildman–Crippen LogP) is 1.60. The van der Waals surface area contributed by atoms with Crippen molar-refractivity contribution in [3.8, 4) is 0 Å². The highest BCUT2D eigenvalue weighted by molar-refractivity contribution is 7.99. The minimum Gasteiger partial charge on any atom is -0.468 e. The summed E-state index contributed by atoms with van der Waals surface area (Å²) in [7, 11) is 1.36. The van der Waals surface area contributed by atoms with Crippen LogP contribution in [0.4, 0.5) is 0 Å². The molecule has 0 aliphatic carbocycles. The number of thioether (sulfide) groups is 1. The van der Waals surface area contributed by atoms with Gasteiger partial charge < -0.3 is 4.74 Å². The number of methoxy groups -OCH3 is 1. The first-order valence-electron chi connectivity index (χ1n) is 3.35. The van der Waals surface area contributed by atoms with Crippen LogP contribution in [0.15, 0.2) is 0 Å². The second kappa shape index (κ2) is 5.41. The van der Waals surface area contributed by atoms with Gasteiger partial charge in [0.1, 0.15) is 10.0 Å². The monoisotopic (exact) mass is 238 g/mol. The molecule has 0 fully saturated rings. The summed E-state index contributed by atoms with van der Waals surface area (Å²) in [5, 5.41) is 3.80. The van der Waals surface area contributed by atoms with Crippen molar-refractivity contribution in [2.75, 3.05) is 12.9 Å². The van der Waals surface area contributed by atoms with Crippen molar-refractivity contribution < 1.29 is 9.53 Å². The molecule has 0 spiro atoms. The summed E-state index contributed by atoms with van der Waals surface area (Å²) in [5.41, 5.74) is 0.723. The lowest BCUT2D eigenvalue weighted by Crippen LogP contribution is -2.03. The lowest BCUT2D eigenvalue weighted by atomic mass is 10.6. The van der Waals surface area contributed by atoms with Crippen LogP contribution in [-0.4, -0.2) is 28.4 Å². The van der Waals surface area contributed by atoms with Gasteiger partial charge in [0.15, 0.2) is 0 Å². The molecule has 0 amide bonds. The maximum absolute atomic E-state index is 10.7. The maximum atomic E-state index is 10.7. The minimum atomic E-state index is -0.246. The Morgan fingerprint density at radius 1 is 1.77 bits per heavy atom. The highest BCUT2D eigenvalue weighted by atomic mass is 35.5. The molecule has 72 valence electrons. The van der Waals surface area contributed by atoms with Crippen LogP contribution in [0.25, 0.3) is 0 Å². The van der Waals surface area contributed by atoms with Gasteiger partial charge in [0.2, 0.25) is 0 Å². The summed E-state index contributed by atoms with van der Waals surface area (Å²) in [6.45, 7) is 0. The zero-order valence-electron chi connectivity index (χ0n) is 6.82. The lowest BCUT2D eigenvalue weighted by Gasteiger charge is -1.97. The van der Waals surface area contributed by atoms with Crippen LogP contribution in [0.1, 0.15) is 5.69 Å². The first-order valence-corrected chi connectivity index (χ1v) is 5.66. The molecule has 0 bridgehead atoms. The topological polar surface area (TPSA) is 52.1 Å². The second-order valence-electron chi connectivity index (χ2n) is 2.06. The van der Waals surface area contributed by atoms with Gasteiger partial charge in [-0.05, 0) is 0 Å². The van der Waals surface area contributed by atoms with Crippen molar-refractivity contribution in [2.45, 2.75) is 5.75 Å². The Morgan fingerprint density at radius 2 is 2.54 bits per heavy atom. The van der Waals surface area contributed by atoms with Crippen LogP contribution < -0.4 is 0 Å². The number of carbonyl (C=O) groups excluding carboxylic acids is 1. The highest BCUT2D eigenvalue weighted by Gasteiger charge is 2.06. The first-order chi connectivity index (χ1) is 6.24. The van der Waals surface area contributed by atoms with Crippen molar-refractivity contribution >= 4 is 40.9 Å². The van der Waals surface area contributed by atoms with E-state index in [9.17, 15) is 4.79 Å². The molecule has 1 aromatic rings. The molecule has 4 nitrogen and oxygen atoms in total. The molecule has 13 heavy (non-hydrogen) atoms. The van der Waals surface area contributed by atoms with Crippen LogP contribution in [-0.2, 0) is 15.3 Å². The summed E-state index contributed by atoms with van der Waals surface area (Å²) in [5.74, 6) is 0.652. The molecular weight excluding hydrogens is 232 g/mol. The fourth-order valence-corrected chi connectivity index (χ4v) is 2.15. The average Bonchev–Trinajstić information content (AvgIpc) is 2.52. The van der Waals surface area contributed by atoms with Gasteiger partial charge in [-0.15, -0.1) is 16.9 Å². The van der Waals surface area contributed by atoms with Gasteiger partial charge in [-0.25, -0.2) is 0 Å². The highest BCUT2D eigenvalue weighted by Crippen LogP contribution is 2.21. The predicted molar refractivity (Wildman–Crippen MR) is 53.1 cm³/mol. The van der Waals surface area contributed by atoms with Gasteiger partial charge in [0, 0.05) is 17.3 Å². The Kier molecular flexibility index (Phi) is 4.47. The Hall–Kier alpha value is -0.330. The molecule has 0 aromatic carbocycles. The molecule has 0 saturated heterocycles. The molecule has 0 unspecified atom stereocenters. The third-order valence-electron chi connectivity index (χ3n) is 1.20. The van der Waals surface area contributed by atoms with Crippen LogP contribution in [0.2, 0.25) is 4.34 Å². The number of carbonyl (C=O) groups is 1. The third kappa shape index (κ3) is 3.50. The second-order valence-corrected chi connectivity index (χ2v) is 4.40. The van der Waals surface area contributed by atoms with Gasteiger partial charge in [-0.1, -0.05) is 16.1 Å². The molecule has 0 N–H and O–H groups in total. The average molecular weight is 239 g/mol. The smallest absolute Gasteiger partial charge is 0.315 e. The van der Waals surface area contributed by atoms with E-state index < -0.39 is 0 Å². The molecule has 0 aliphatic rings. The Morgan fingerprint density at radius 3 is 3.08 bits per heavy atom. The summed E-state index contributed by atoms with van der Waals surface area (Å²) in [4.78, 5) is 10.7. The number of hydrogen-bond acceptors (Lipinski definition) is 6. The van der Waals surface area contributed by atoms with Crippen LogP contribution in [0.5, 0.6) is 0 Å². The molecular formula is C6H7ClN2O2S2. The molecule has 1 rings (SSSR count). The molecule has 0 radical (unpaired) electrons. The minimum absolute atomic E-state index is 0.246. The standard InChI is InChI=1S/C6H7ClN2O2S2/c1-11-5(10)3-12-2-4-6(7)13-9-8-4/h2-3H2,1H3. The van der Waals surface area contributed by atoms with Crippen molar-refractivity contribution in [1.29, 1.82) is 0 Å². The third-order valence-corrected chi connectivity index (χ3v) is 3.10. The molecule has 0 aliphatic heterocycles. The van der Waals surface area contributed by atoms with E-state index in [1.54, 1.807) is 0 Å². The van der Waals surface area contributed by atoms with Gasteiger partial charge >= 0.3 is 5.97 Å². The van der Waals surface area contributed by atoms with Crippen LogP contribution in [0.3, 0.4) is 0 Å². The van der Waals surface area contributed by atoms with Gasteiger partial charge in [0.05, 0.1) is 12.9 Å². The van der Waals surface area contributed by atoms with Crippen LogP contribution in [0, 0.1) is 0 Å². The summed E-state index contributed by atoms with van der Waals surface area (Å²) in [6, 6.07) is 0. The Balaban J connectivity index is 2.28. The normalized spacial score (nSPS) is 10.0. The zero-order chi connectivity index (χ0) is 9.68. The summed E-state index contributed by atoms with van der Waals surface area (Å²) >= 11 is 8.30. The molecule has 1 heterocycles. The van der Waals surface area contributed by atoms with Crippen molar-refractivity contribution in [3.63, 3.8) is 0 Å². The van der Waals surface area contributed by atoms with Crippen LogP contribution >= 0.6 is 34.9 Å². The van der Waals surface area contributed by atoms with E-state index in [-0.39, 0.29) is 5.97 Å². The SMILES string of the molecule is COC(=O)CSCc1nnsc1Cl. The number of aromatic nitrogens is 2. The number of hydrogen-bond donors (Lipinski definition) is 0. The summed E-state index contributed by atoms with van der Waals surface area (Å²) < 4.78 is 8.72. The van der Waals surface area contributed by atoms with Gasteiger partial charge in [-0.3, -0.25) is 4.79 Å². The maximum Gasteiger partial charge on any atom is 0.315 e. The fourth-order valence-electron chi connectivity index (χ4n) is 0.573. The van der Waals surface area contributed by atoms with E-state index in [0.29, 0.717) is 15.8 Å². The summed E-state index contributed by atoms with van der Waals surface area (Å²) in [6.07, 6.45) is 0. The Bertz CT molecular complexity index is 292. The molecule has 7 heteroatoms. The van der Waals surface area contributed by atoms with E-state index in [2.05, 4.69) is 14.3 Å². The van der Waals surface area contributed by atoms with Crippen molar-refractivity contribution in [3.05, 3.63) is 10.0 Å². The van der Waals surface area contributed by atoms with Crippen molar-refractivity contribution in [2.24, 2.45) is 0 Å². The largest absolute Gasteiger partial charge is 0.468 e. The quantitative estimate of drug-likeness (QED) is 0.746. The van der Waals surface area contributed by atoms with Crippen molar-refractivity contribution in [1.82, 2.24) is 9.59 Å². The van der Waals surface area contributed by atoms with Gasteiger partial charge in [0.25, 0.3) is 0 Å². The fraction of sp³-hybridized carbons (Fsp3) is 0.500. The number of halogens is 1. The number of ether oxygens (including phenoxy) is 1. The first kappa shape index (κ1) is 10.7. The lowest BCUT2D eigenvalue weighted by molar-refractivity contribution is -0.137. The van der Waals surface area contributed by atoms with E-state index in [1.807, 2.05) is 0 Å². The Labute approximate surface area is 88.8 Å². The molecule has 1 aromatic heterocycles. The molecule has 0 atom stereocenters. The van der Waals surface area contributed by atoms with E-state index >= 15 is 0 Å².